The molecule has 0 amide bonds. The van der Waals surface area contributed by atoms with Gasteiger partial charge in [0.2, 0.25) is 0 Å². The van der Waals surface area contributed by atoms with Crippen molar-refractivity contribution in [3.8, 4) is 0 Å². The molecule has 0 saturated carbocycles. The number of fused-ring (bicyclic) bond motifs is 1. The lowest BCUT2D eigenvalue weighted by Crippen LogP contribution is -2.02. The highest BCUT2D eigenvalue weighted by Gasteiger charge is 2.10. The Kier molecular flexibility index (Phi) is 2.46. The molecule has 0 aliphatic rings. The number of aromatic nitrogens is 1. The molecule has 0 radical (unpaired) electrons. The lowest BCUT2D eigenvalue weighted by Gasteiger charge is -2.08. The number of aromatic amines is 1. The van der Waals surface area contributed by atoms with Gasteiger partial charge in [-0.1, -0.05) is 13.0 Å². The Morgan fingerprint density at radius 2 is 2.27 bits per heavy atom. The number of rotatable bonds is 3. The largest absolute Gasteiger partial charge is 0.481 e. The Hall–Kier alpha value is -1.77. The smallest absolute Gasteiger partial charge is 0.303 e. The molecule has 0 fully saturated rings. The summed E-state index contributed by atoms with van der Waals surface area (Å²) >= 11 is 0. The Bertz CT molecular complexity index is 487. The van der Waals surface area contributed by atoms with Gasteiger partial charge >= 0.3 is 5.97 Å². The van der Waals surface area contributed by atoms with Crippen LogP contribution < -0.4 is 0 Å². The van der Waals surface area contributed by atoms with E-state index in [1.807, 2.05) is 37.4 Å². The highest BCUT2D eigenvalue weighted by Crippen LogP contribution is 2.23. The van der Waals surface area contributed by atoms with Gasteiger partial charge in [-0.05, 0) is 35.1 Å². The molecule has 2 N–H and O–H groups in total. The number of H-pyrrole nitrogens is 1. The summed E-state index contributed by atoms with van der Waals surface area (Å²) < 4.78 is 0. The average molecular weight is 203 g/mol. The van der Waals surface area contributed by atoms with Gasteiger partial charge in [-0.25, -0.2) is 0 Å². The second kappa shape index (κ2) is 3.77. The van der Waals surface area contributed by atoms with Crippen LogP contribution in [-0.2, 0) is 4.79 Å². The zero-order valence-electron chi connectivity index (χ0n) is 8.53. The molecule has 1 heterocycles. The van der Waals surface area contributed by atoms with Crippen LogP contribution in [0.4, 0.5) is 0 Å². The Morgan fingerprint density at radius 3 is 3.00 bits per heavy atom. The van der Waals surface area contributed by atoms with Crippen molar-refractivity contribution in [2.45, 2.75) is 19.3 Å². The third-order valence-corrected chi connectivity index (χ3v) is 2.63. The first-order valence-electron chi connectivity index (χ1n) is 4.95. The SMILES string of the molecule is CC(CC(=O)O)c1ccc2[nH]ccc2c1. The van der Waals surface area contributed by atoms with Crippen LogP contribution >= 0.6 is 0 Å². The lowest BCUT2D eigenvalue weighted by molar-refractivity contribution is -0.137. The molecule has 0 spiro atoms. The zero-order chi connectivity index (χ0) is 10.8. The molecule has 0 aliphatic heterocycles. The number of carbonyl (C=O) groups is 1. The summed E-state index contributed by atoms with van der Waals surface area (Å²) in [6.07, 6.45) is 2.06. The fourth-order valence-electron chi connectivity index (χ4n) is 1.76. The first-order valence-corrected chi connectivity index (χ1v) is 4.95. The molecule has 1 aromatic heterocycles. The average Bonchev–Trinajstić information content (AvgIpc) is 2.62. The fraction of sp³-hybridized carbons (Fsp3) is 0.250. The number of carboxylic acid groups (broad SMARTS) is 1. The minimum absolute atomic E-state index is 0.0572. The van der Waals surface area contributed by atoms with E-state index in [9.17, 15) is 4.79 Å². The first-order chi connectivity index (χ1) is 7.16. The third kappa shape index (κ3) is 2.01. The van der Waals surface area contributed by atoms with E-state index >= 15 is 0 Å². The second-order valence-electron chi connectivity index (χ2n) is 3.82. The molecule has 15 heavy (non-hydrogen) atoms. The summed E-state index contributed by atoms with van der Waals surface area (Å²) in [5.74, 6) is -0.696. The predicted molar refractivity (Wildman–Crippen MR) is 59.0 cm³/mol. The van der Waals surface area contributed by atoms with E-state index in [0.717, 1.165) is 16.5 Å². The van der Waals surface area contributed by atoms with Crippen molar-refractivity contribution in [3.63, 3.8) is 0 Å². The molecule has 1 atom stereocenters. The summed E-state index contributed by atoms with van der Waals surface area (Å²) in [4.78, 5) is 13.7. The van der Waals surface area contributed by atoms with Gasteiger partial charge < -0.3 is 10.1 Å². The van der Waals surface area contributed by atoms with E-state index < -0.39 is 5.97 Å². The number of aliphatic carboxylic acids is 1. The number of nitrogens with one attached hydrogen (secondary N) is 1. The maximum atomic E-state index is 10.6. The van der Waals surface area contributed by atoms with E-state index in [-0.39, 0.29) is 12.3 Å². The number of carboxylic acids is 1. The van der Waals surface area contributed by atoms with Crippen molar-refractivity contribution in [1.29, 1.82) is 0 Å². The van der Waals surface area contributed by atoms with Gasteiger partial charge in [-0.15, -0.1) is 0 Å². The van der Waals surface area contributed by atoms with Gasteiger partial charge in [-0.3, -0.25) is 4.79 Å². The number of hydrogen-bond donors (Lipinski definition) is 2. The molecular weight excluding hydrogens is 190 g/mol. The van der Waals surface area contributed by atoms with Crippen LogP contribution in [0, 0.1) is 0 Å². The third-order valence-electron chi connectivity index (χ3n) is 2.63. The van der Waals surface area contributed by atoms with Crippen molar-refractivity contribution in [3.05, 3.63) is 36.0 Å². The summed E-state index contributed by atoms with van der Waals surface area (Å²) in [7, 11) is 0. The molecule has 3 nitrogen and oxygen atoms in total. The molecule has 0 saturated heterocycles. The predicted octanol–water partition coefficient (Wildman–Crippen LogP) is 2.75. The van der Waals surface area contributed by atoms with Crippen molar-refractivity contribution >= 4 is 16.9 Å². The van der Waals surface area contributed by atoms with Crippen molar-refractivity contribution in [1.82, 2.24) is 4.98 Å². The van der Waals surface area contributed by atoms with Crippen molar-refractivity contribution in [2.24, 2.45) is 0 Å². The van der Waals surface area contributed by atoms with Gasteiger partial charge in [0.05, 0.1) is 6.42 Å². The van der Waals surface area contributed by atoms with Crippen LogP contribution in [0.3, 0.4) is 0 Å². The van der Waals surface area contributed by atoms with Crippen LogP contribution in [0.2, 0.25) is 0 Å². The Balaban J connectivity index is 2.30. The molecular formula is C12H13NO2. The highest BCUT2D eigenvalue weighted by atomic mass is 16.4. The van der Waals surface area contributed by atoms with E-state index in [4.69, 9.17) is 5.11 Å². The quantitative estimate of drug-likeness (QED) is 0.805. The molecule has 78 valence electrons. The molecule has 0 aliphatic carbocycles. The minimum Gasteiger partial charge on any atom is -0.481 e. The highest BCUT2D eigenvalue weighted by molar-refractivity contribution is 5.80. The van der Waals surface area contributed by atoms with Gasteiger partial charge in [0.15, 0.2) is 0 Å². The van der Waals surface area contributed by atoms with Gasteiger partial charge in [0.1, 0.15) is 0 Å². The summed E-state index contributed by atoms with van der Waals surface area (Å²) in [5.41, 5.74) is 2.16. The van der Waals surface area contributed by atoms with E-state index in [2.05, 4.69) is 4.98 Å². The number of benzene rings is 1. The Labute approximate surface area is 87.7 Å². The molecule has 3 heteroatoms. The minimum atomic E-state index is -0.753. The normalized spacial score (nSPS) is 12.9. The van der Waals surface area contributed by atoms with Gasteiger partial charge in [-0.2, -0.15) is 0 Å². The van der Waals surface area contributed by atoms with E-state index in [1.54, 1.807) is 0 Å². The van der Waals surface area contributed by atoms with Crippen LogP contribution in [0.1, 0.15) is 24.8 Å². The molecule has 1 unspecified atom stereocenters. The fourth-order valence-corrected chi connectivity index (χ4v) is 1.76. The first kappa shape index (κ1) is 9.77. The van der Waals surface area contributed by atoms with Crippen LogP contribution in [-0.4, -0.2) is 16.1 Å². The van der Waals surface area contributed by atoms with E-state index in [0.29, 0.717) is 0 Å². The van der Waals surface area contributed by atoms with Crippen LogP contribution in [0.5, 0.6) is 0 Å². The maximum absolute atomic E-state index is 10.6. The van der Waals surface area contributed by atoms with Crippen molar-refractivity contribution < 1.29 is 9.90 Å². The summed E-state index contributed by atoms with van der Waals surface area (Å²) in [6.45, 7) is 1.93. The van der Waals surface area contributed by atoms with Crippen LogP contribution in [0.25, 0.3) is 10.9 Å². The van der Waals surface area contributed by atoms with E-state index in [1.165, 1.54) is 0 Å². The second-order valence-corrected chi connectivity index (χ2v) is 3.82. The van der Waals surface area contributed by atoms with Crippen LogP contribution in [0.15, 0.2) is 30.5 Å². The lowest BCUT2D eigenvalue weighted by atomic mass is 9.97. The van der Waals surface area contributed by atoms with Gasteiger partial charge in [0.25, 0.3) is 0 Å². The maximum Gasteiger partial charge on any atom is 0.303 e. The zero-order valence-corrected chi connectivity index (χ0v) is 8.53. The Morgan fingerprint density at radius 1 is 1.47 bits per heavy atom. The number of hydrogen-bond acceptors (Lipinski definition) is 1. The molecule has 2 aromatic rings. The standard InChI is InChI=1S/C12H13NO2/c1-8(6-12(14)15)9-2-3-11-10(7-9)4-5-13-11/h2-5,7-8,13H,6H2,1H3,(H,14,15). The molecule has 2 rings (SSSR count). The summed E-state index contributed by atoms with van der Waals surface area (Å²) in [6, 6.07) is 8.00. The molecule has 0 bridgehead atoms. The summed E-state index contributed by atoms with van der Waals surface area (Å²) in [5, 5.41) is 9.84. The topological polar surface area (TPSA) is 53.1 Å². The van der Waals surface area contributed by atoms with Crippen molar-refractivity contribution in [2.75, 3.05) is 0 Å². The monoisotopic (exact) mass is 203 g/mol. The molecule has 1 aromatic carbocycles. The van der Waals surface area contributed by atoms with Gasteiger partial charge in [0, 0.05) is 11.7 Å².